The molecule has 1 aliphatic carbocycles. The van der Waals surface area contributed by atoms with Gasteiger partial charge in [-0.2, -0.15) is 0 Å². The van der Waals surface area contributed by atoms with Crippen molar-refractivity contribution in [2.45, 2.75) is 24.6 Å². The van der Waals surface area contributed by atoms with Gasteiger partial charge in [-0.25, -0.2) is 4.39 Å². The van der Waals surface area contributed by atoms with E-state index in [1.165, 1.54) is 0 Å². The Morgan fingerprint density at radius 2 is 2.00 bits per heavy atom. The standard InChI is InChI=1S/C10H10Cl2FN/c11-6-1-2-9(12)8(3-6)10(13)4-7(14)5-10/h1-3,7H,4-5,14H2. The molecule has 1 aromatic carbocycles. The minimum atomic E-state index is -1.37. The zero-order chi connectivity index (χ0) is 10.3. The molecule has 2 N–H and O–H groups in total. The maximum atomic E-state index is 14.1. The van der Waals surface area contributed by atoms with Crippen molar-refractivity contribution in [2.24, 2.45) is 5.73 Å². The molecule has 0 unspecified atom stereocenters. The smallest absolute Gasteiger partial charge is 0.140 e. The van der Waals surface area contributed by atoms with Gasteiger partial charge in [-0.1, -0.05) is 23.2 Å². The molecule has 0 radical (unpaired) electrons. The molecule has 1 aromatic rings. The molecule has 0 spiro atoms. The van der Waals surface area contributed by atoms with Crippen LogP contribution in [0.3, 0.4) is 0 Å². The average Bonchev–Trinajstić information content (AvgIpc) is 2.07. The maximum Gasteiger partial charge on any atom is 0.140 e. The topological polar surface area (TPSA) is 26.0 Å². The van der Waals surface area contributed by atoms with Crippen LogP contribution in [0.15, 0.2) is 18.2 Å². The summed E-state index contributed by atoms with van der Waals surface area (Å²) in [6.45, 7) is 0. The fourth-order valence-electron chi connectivity index (χ4n) is 1.83. The number of halogens is 3. The number of rotatable bonds is 1. The molecule has 0 aromatic heterocycles. The fraction of sp³-hybridized carbons (Fsp3) is 0.400. The van der Waals surface area contributed by atoms with E-state index in [0.29, 0.717) is 28.5 Å². The summed E-state index contributed by atoms with van der Waals surface area (Å²) in [5.74, 6) is 0. The van der Waals surface area contributed by atoms with Crippen molar-refractivity contribution < 1.29 is 4.39 Å². The van der Waals surface area contributed by atoms with E-state index in [0.717, 1.165) is 0 Å². The monoisotopic (exact) mass is 233 g/mol. The molecule has 0 atom stereocenters. The van der Waals surface area contributed by atoms with Crippen molar-refractivity contribution in [3.63, 3.8) is 0 Å². The highest BCUT2D eigenvalue weighted by atomic mass is 35.5. The van der Waals surface area contributed by atoms with Crippen LogP contribution in [-0.2, 0) is 5.67 Å². The average molecular weight is 234 g/mol. The molecule has 0 heterocycles. The molecule has 1 aliphatic rings. The molecule has 0 aliphatic heterocycles. The molecule has 0 bridgehead atoms. The van der Waals surface area contributed by atoms with Crippen LogP contribution in [0.5, 0.6) is 0 Å². The van der Waals surface area contributed by atoms with Gasteiger partial charge in [0.15, 0.2) is 0 Å². The summed E-state index contributed by atoms with van der Waals surface area (Å²) in [5.41, 5.74) is 4.66. The largest absolute Gasteiger partial charge is 0.327 e. The number of nitrogens with two attached hydrogens (primary N) is 1. The number of hydrogen-bond acceptors (Lipinski definition) is 1. The lowest BCUT2D eigenvalue weighted by Crippen LogP contribution is -2.46. The summed E-state index contributed by atoms with van der Waals surface area (Å²) >= 11 is 11.7. The Kier molecular flexibility index (Phi) is 2.46. The summed E-state index contributed by atoms with van der Waals surface area (Å²) in [5, 5.41) is 0.922. The normalized spacial score (nSPS) is 31.3. The van der Waals surface area contributed by atoms with Crippen molar-refractivity contribution in [3.8, 4) is 0 Å². The van der Waals surface area contributed by atoms with Crippen LogP contribution in [0.25, 0.3) is 0 Å². The van der Waals surface area contributed by atoms with Crippen molar-refractivity contribution in [1.82, 2.24) is 0 Å². The van der Waals surface area contributed by atoms with Crippen molar-refractivity contribution in [1.29, 1.82) is 0 Å². The van der Waals surface area contributed by atoms with Crippen LogP contribution in [0.1, 0.15) is 18.4 Å². The van der Waals surface area contributed by atoms with Gasteiger partial charge in [0.25, 0.3) is 0 Å². The van der Waals surface area contributed by atoms with Crippen molar-refractivity contribution >= 4 is 23.2 Å². The van der Waals surface area contributed by atoms with E-state index >= 15 is 0 Å². The summed E-state index contributed by atoms with van der Waals surface area (Å²) in [4.78, 5) is 0. The summed E-state index contributed by atoms with van der Waals surface area (Å²) in [6, 6.07) is 4.78. The first-order valence-electron chi connectivity index (χ1n) is 4.41. The Labute approximate surface area is 92.0 Å². The molecule has 76 valence electrons. The van der Waals surface area contributed by atoms with E-state index in [1.54, 1.807) is 18.2 Å². The predicted molar refractivity (Wildman–Crippen MR) is 56.5 cm³/mol. The Balaban J connectivity index is 2.36. The minimum absolute atomic E-state index is 0.0601. The summed E-state index contributed by atoms with van der Waals surface area (Å²) in [7, 11) is 0. The molecule has 0 saturated heterocycles. The van der Waals surface area contributed by atoms with Crippen LogP contribution in [0.4, 0.5) is 4.39 Å². The zero-order valence-corrected chi connectivity index (χ0v) is 8.95. The second-order valence-corrected chi connectivity index (χ2v) is 4.60. The summed E-state index contributed by atoms with van der Waals surface area (Å²) < 4.78 is 14.1. The first-order chi connectivity index (χ1) is 6.51. The molecule has 1 fully saturated rings. The van der Waals surface area contributed by atoms with Gasteiger partial charge in [0.2, 0.25) is 0 Å². The molecule has 1 nitrogen and oxygen atoms in total. The van der Waals surface area contributed by atoms with Gasteiger partial charge < -0.3 is 5.73 Å². The Hall–Kier alpha value is -0.310. The van der Waals surface area contributed by atoms with Crippen LogP contribution < -0.4 is 5.73 Å². The molecule has 0 amide bonds. The molecular formula is C10H10Cl2FN. The third-order valence-corrected chi connectivity index (χ3v) is 3.15. The lowest BCUT2D eigenvalue weighted by Gasteiger charge is -2.40. The predicted octanol–water partition coefficient (Wildman–Crippen LogP) is 3.28. The number of alkyl halides is 1. The number of hydrogen-bond donors (Lipinski definition) is 1. The molecule has 14 heavy (non-hydrogen) atoms. The number of benzene rings is 1. The quantitative estimate of drug-likeness (QED) is 0.792. The lowest BCUT2D eigenvalue weighted by molar-refractivity contribution is 0.0407. The van der Waals surface area contributed by atoms with E-state index in [-0.39, 0.29) is 6.04 Å². The highest BCUT2D eigenvalue weighted by Crippen LogP contribution is 2.47. The maximum absolute atomic E-state index is 14.1. The zero-order valence-electron chi connectivity index (χ0n) is 7.43. The van der Waals surface area contributed by atoms with E-state index in [2.05, 4.69) is 0 Å². The second kappa shape index (κ2) is 3.37. The molecule has 2 rings (SSSR count). The van der Waals surface area contributed by atoms with Crippen molar-refractivity contribution in [2.75, 3.05) is 0 Å². The van der Waals surface area contributed by atoms with Crippen LogP contribution in [0, 0.1) is 0 Å². The fourth-order valence-corrected chi connectivity index (χ4v) is 2.29. The van der Waals surface area contributed by atoms with Gasteiger partial charge in [-0.05, 0) is 18.2 Å². The second-order valence-electron chi connectivity index (χ2n) is 3.76. The van der Waals surface area contributed by atoms with Crippen LogP contribution >= 0.6 is 23.2 Å². The van der Waals surface area contributed by atoms with Gasteiger partial charge in [0.05, 0.1) is 0 Å². The Morgan fingerprint density at radius 1 is 1.36 bits per heavy atom. The van der Waals surface area contributed by atoms with Gasteiger partial charge in [0.1, 0.15) is 5.67 Å². The van der Waals surface area contributed by atoms with Crippen LogP contribution in [-0.4, -0.2) is 6.04 Å². The summed E-state index contributed by atoms with van der Waals surface area (Å²) in [6.07, 6.45) is 0.653. The van der Waals surface area contributed by atoms with E-state index in [1.807, 2.05) is 0 Å². The third kappa shape index (κ3) is 1.62. The molecule has 1 saturated carbocycles. The van der Waals surface area contributed by atoms with E-state index in [4.69, 9.17) is 28.9 Å². The SMILES string of the molecule is NC1CC(F)(c2cc(Cl)ccc2Cl)C1. The molecule has 4 heteroatoms. The first-order valence-corrected chi connectivity index (χ1v) is 5.17. The van der Waals surface area contributed by atoms with Gasteiger partial charge in [-0.15, -0.1) is 0 Å². The van der Waals surface area contributed by atoms with E-state index in [9.17, 15) is 4.39 Å². The van der Waals surface area contributed by atoms with Gasteiger partial charge >= 0.3 is 0 Å². The first kappa shape index (κ1) is 10.2. The highest BCUT2D eigenvalue weighted by Gasteiger charge is 2.45. The van der Waals surface area contributed by atoms with Crippen LogP contribution in [0.2, 0.25) is 10.0 Å². The van der Waals surface area contributed by atoms with Gasteiger partial charge in [0, 0.05) is 34.5 Å². The van der Waals surface area contributed by atoms with Crippen molar-refractivity contribution in [3.05, 3.63) is 33.8 Å². The Morgan fingerprint density at radius 3 is 2.57 bits per heavy atom. The Bertz CT molecular complexity index is 361. The van der Waals surface area contributed by atoms with Gasteiger partial charge in [-0.3, -0.25) is 0 Å². The highest BCUT2D eigenvalue weighted by molar-refractivity contribution is 6.33. The lowest BCUT2D eigenvalue weighted by atomic mass is 9.73. The van der Waals surface area contributed by atoms with E-state index < -0.39 is 5.67 Å². The minimum Gasteiger partial charge on any atom is -0.327 e. The third-order valence-electron chi connectivity index (χ3n) is 2.58. The molecular weight excluding hydrogens is 224 g/mol.